The van der Waals surface area contributed by atoms with Gasteiger partial charge in [-0.05, 0) is 17.7 Å². The van der Waals surface area contributed by atoms with Gasteiger partial charge < -0.3 is 9.47 Å². The molecule has 2 N–H and O–H groups in total. The Balaban J connectivity index is 2.74. The summed E-state index contributed by atoms with van der Waals surface area (Å²) in [5, 5.41) is 0. The van der Waals surface area contributed by atoms with Crippen LogP contribution in [0.15, 0.2) is 24.3 Å². The molecule has 0 saturated heterocycles. The smallest absolute Gasteiger partial charge is 0.308 e. The Morgan fingerprint density at radius 3 is 2.38 bits per heavy atom. The minimum Gasteiger partial charge on any atom is -0.497 e. The van der Waals surface area contributed by atoms with E-state index < -0.39 is 6.10 Å². The van der Waals surface area contributed by atoms with E-state index in [0.29, 0.717) is 0 Å². The van der Waals surface area contributed by atoms with Crippen LogP contribution in [0.5, 0.6) is 5.75 Å². The molecule has 5 heteroatoms. The summed E-state index contributed by atoms with van der Waals surface area (Å²) in [6.45, 7) is 0. The quantitative estimate of drug-likeness (QED) is 0.602. The van der Waals surface area contributed by atoms with Gasteiger partial charge in [0, 0.05) is 0 Å². The van der Waals surface area contributed by atoms with Crippen LogP contribution in [0.1, 0.15) is 18.1 Å². The first-order valence-electron chi connectivity index (χ1n) is 4.77. The van der Waals surface area contributed by atoms with Crippen molar-refractivity contribution in [2.45, 2.75) is 12.5 Å². The third-order valence-electron chi connectivity index (χ3n) is 2.23. The van der Waals surface area contributed by atoms with Crippen LogP contribution >= 0.6 is 0 Å². The van der Waals surface area contributed by atoms with E-state index in [1.165, 1.54) is 7.11 Å². The first-order valence-corrected chi connectivity index (χ1v) is 4.77. The SMILES string of the molecule is COC(=O)CC(ON)c1ccc(OC)cc1. The van der Waals surface area contributed by atoms with E-state index >= 15 is 0 Å². The van der Waals surface area contributed by atoms with Crippen molar-refractivity contribution in [3.05, 3.63) is 29.8 Å². The van der Waals surface area contributed by atoms with Crippen molar-refractivity contribution in [3.8, 4) is 5.75 Å². The summed E-state index contributed by atoms with van der Waals surface area (Å²) >= 11 is 0. The highest BCUT2D eigenvalue weighted by atomic mass is 16.6. The number of nitrogens with two attached hydrogens (primary N) is 1. The maximum Gasteiger partial charge on any atom is 0.308 e. The first-order chi connectivity index (χ1) is 7.71. The molecule has 0 spiro atoms. The van der Waals surface area contributed by atoms with E-state index in [-0.39, 0.29) is 12.4 Å². The largest absolute Gasteiger partial charge is 0.497 e. The van der Waals surface area contributed by atoms with Crippen molar-refractivity contribution in [2.24, 2.45) is 5.90 Å². The molecule has 0 aliphatic rings. The molecule has 0 aliphatic heterocycles. The third kappa shape index (κ3) is 3.22. The molecule has 1 unspecified atom stereocenters. The lowest BCUT2D eigenvalue weighted by atomic mass is 10.1. The Kier molecular flexibility index (Phi) is 4.75. The minimum atomic E-state index is -0.502. The third-order valence-corrected chi connectivity index (χ3v) is 2.23. The molecule has 0 radical (unpaired) electrons. The molecular formula is C11H15NO4. The number of rotatable bonds is 5. The molecule has 0 heterocycles. The summed E-state index contributed by atoms with van der Waals surface area (Å²) in [6.07, 6.45) is -0.419. The maximum atomic E-state index is 11.1. The molecular weight excluding hydrogens is 210 g/mol. The molecule has 1 rings (SSSR count). The average Bonchev–Trinajstić information content (AvgIpc) is 2.35. The zero-order valence-electron chi connectivity index (χ0n) is 9.30. The summed E-state index contributed by atoms with van der Waals surface area (Å²) in [5.74, 6) is 5.50. The van der Waals surface area contributed by atoms with Crippen LogP contribution in [-0.2, 0) is 14.4 Å². The Morgan fingerprint density at radius 1 is 1.31 bits per heavy atom. The van der Waals surface area contributed by atoms with Gasteiger partial charge in [0.1, 0.15) is 11.9 Å². The summed E-state index contributed by atoms with van der Waals surface area (Å²) < 4.78 is 9.57. The van der Waals surface area contributed by atoms with Crippen LogP contribution in [0.3, 0.4) is 0 Å². The molecule has 0 bridgehead atoms. The topological polar surface area (TPSA) is 70.8 Å². The molecule has 0 aromatic heterocycles. The van der Waals surface area contributed by atoms with E-state index in [1.54, 1.807) is 31.4 Å². The van der Waals surface area contributed by atoms with Gasteiger partial charge in [0.2, 0.25) is 0 Å². The van der Waals surface area contributed by atoms with Crippen molar-refractivity contribution >= 4 is 5.97 Å². The standard InChI is InChI=1S/C11H15NO4/c1-14-9-5-3-8(4-6-9)10(16-12)7-11(13)15-2/h3-6,10H,7,12H2,1-2H3. The number of ether oxygens (including phenoxy) is 2. The molecule has 1 aromatic rings. The van der Waals surface area contributed by atoms with Gasteiger partial charge in [0.05, 0.1) is 20.6 Å². The minimum absolute atomic E-state index is 0.0827. The average molecular weight is 225 g/mol. The molecule has 0 saturated carbocycles. The summed E-state index contributed by atoms with van der Waals surface area (Å²) in [6, 6.07) is 7.13. The van der Waals surface area contributed by atoms with Gasteiger partial charge in [-0.3, -0.25) is 9.63 Å². The Hall–Kier alpha value is -1.59. The summed E-state index contributed by atoms with van der Waals surface area (Å²) in [4.78, 5) is 15.8. The predicted octanol–water partition coefficient (Wildman–Crippen LogP) is 1.19. The molecule has 0 amide bonds. The lowest BCUT2D eigenvalue weighted by molar-refractivity contribution is -0.144. The van der Waals surface area contributed by atoms with Gasteiger partial charge in [0.25, 0.3) is 0 Å². The van der Waals surface area contributed by atoms with Gasteiger partial charge in [-0.25, -0.2) is 5.90 Å². The summed E-state index contributed by atoms with van der Waals surface area (Å²) in [7, 11) is 2.91. The molecule has 1 aromatic carbocycles. The van der Waals surface area contributed by atoms with Crippen LogP contribution in [0.2, 0.25) is 0 Å². The second kappa shape index (κ2) is 6.09. The maximum absolute atomic E-state index is 11.1. The second-order valence-electron chi connectivity index (χ2n) is 3.18. The van der Waals surface area contributed by atoms with E-state index in [2.05, 4.69) is 4.74 Å². The van der Waals surface area contributed by atoms with Crippen LogP contribution in [0.25, 0.3) is 0 Å². The van der Waals surface area contributed by atoms with Crippen molar-refractivity contribution in [1.82, 2.24) is 0 Å². The predicted molar refractivity (Wildman–Crippen MR) is 57.6 cm³/mol. The fraction of sp³-hybridized carbons (Fsp3) is 0.364. The van der Waals surface area contributed by atoms with Crippen LogP contribution in [0, 0.1) is 0 Å². The molecule has 0 aliphatic carbocycles. The number of carbonyl (C=O) groups is 1. The van der Waals surface area contributed by atoms with Crippen molar-refractivity contribution in [2.75, 3.05) is 14.2 Å². The number of esters is 1. The van der Waals surface area contributed by atoms with Crippen molar-refractivity contribution < 1.29 is 19.1 Å². The second-order valence-corrected chi connectivity index (χ2v) is 3.18. The Labute approximate surface area is 94.1 Å². The van der Waals surface area contributed by atoms with E-state index in [0.717, 1.165) is 11.3 Å². The van der Waals surface area contributed by atoms with E-state index in [4.69, 9.17) is 15.5 Å². The van der Waals surface area contributed by atoms with Gasteiger partial charge in [-0.1, -0.05) is 12.1 Å². The Bertz CT molecular complexity index is 336. The molecule has 16 heavy (non-hydrogen) atoms. The monoisotopic (exact) mass is 225 g/mol. The normalized spacial score (nSPS) is 11.9. The summed E-state index contributed by atoms with van der Waals surface area (Å²) in [5.41, 5.74) is 0.800. The van der Waals surface area contributed by atoms with E-state index in [9.17, 15) is 4.79 Å². The molecule has 88 valence electrons. The zero-order valence-corrected chi connectivity index (χ0v) is 9.30. The number of carbonyl (C=O) groups excluding carboxylic acids is 1. The lowest BCUT2D eigenvalue weighted by Gasteiger charge is -2.13. The van der Waals surface area contributed by atoms with Gasteiger partial charge in [-0.2, -0.15) is 0 Å². The highest BCUT2D eigenvalue weighted by Crippen LogP contribution is 2.22. The van der Waals surface area contributed by atoms with Gasteiger partial charge >= 0.3 is 5.97 Å². The number of methoxy groups -OCH3 is 2. The number of hydrogen-bond donors (Lipinski definition) is 1. The van der Waals surface area contributed by atoms with Crippen LogP contribution in [0.4, 0.5) is 0 Å². The number of hydrogen-bond acceptors (Lipinski definition) is 5. The molecule has 1 atom stereocenters. The Morgan fingerprint density at radius 2 is 1.94 bits per heavy atom. The number of benzene rings is 1. The fourth-order valence-electron chi connectivity index (χ4n) is 1.30. The van der Waals surface area contributed by atoms with Crippen molar-refractivity contribution in [3.63, 3.8) is 0 Å². The van der Waals surface area contributed by atoms with E-state index in [1.807, 2.05) is 0 Å². The first kappa shape index (κ1) is 12.5. The van der Waals surface area contributed by atoms with Gasteiger partial charge in [-0.15, -0.1) is 0 Å². The van der Waals surface area contributed by atoms with Crippen molar-refractivity contribution in [1.29, 1.82) is 0 Å². The highest BCUT2D eigenvalue weighted by molar-refractivity contribution is 5.70. The van der Waals surface area contributed by atoms with Gasteiger partial charge in [0.15, 0.2) is 0 Å². The lowest BCUT2D eigenvalue weighted by Crippen LogP contribution is -2.14. The zero-order chi connectivity index (χ0) is 12.0. The molecule has 5 nitrogen and oxygen atoms in total. The van der Waals surface area contributed by atoms with Crippen LogP contribution in [-0.4, -0.2) is 20.2 Å². The van der Waals surface area contributed by atoms with Crippen LogP contribution < -0.4 is 10.6 Å². The fourth-order valence-corrected chi connectivity index (χ4v) is 1.30. The molecule has 0 fully saturated rings. The highest BCUT2D eigenvalue weighted by Gasteiger charge is 2.16.